The van der Waals surface area contributed by atoms with E-state index in [0.29, 0.717) is 4.47 Å². The highest BCUT2D eigenvalue weighted by Crippen LogP contribution is 2.19. The van der Waals surface area contributed by atoms with Crippen molar-refractivity contribution in [3.63, 3.8) is 0 Å². The highest BCUT2D eigenvalue weighted by molar-refractivity contribution is 9.10. The van der Waals surface area contributed by atoms with Gasteiger partial charge in [0.2, 0.25) is 11.8 Å². The predicted molar refractivity (Wildman–Crippen MR) is 83.5 cm³/mol. The Bertz CT molecular complexity index is 523. The van der Waals surface area contributed by atoms with Crippen molar-refractivity contribution >= 4 is 33.4 Å². The van der Waals surface area contributed by atoms with E-state index in [0.717, 1.165) is 0 Å². The van der Waals surface area contributed by atoms with Crippen molar-refractivity contribution in [1.29, 1.82) is 0 Å². The summed E-state index contributed by atoms with van der Waals surface area (Å²) in [6.07, 6.45) is 0. The maximum absolute atomic E-state index is 13.6. The first kappa shape index (κ1) is 17.6. The van der Waals surface area contributed by atoms with Crippen LogP contribution in [0, 0.1) is 5.82 Å². The molecule has 2 N–H and O–H groups in total. The number of nitrogens with one attached hydrogen (secondary N) is 2. The number of likely N-dealkylation sites (N-methyl/N-ethyl adjacent to an activating group) is 1. The monoisotopic (exact) mass is 359 g/mol. The normalized spacial score (nSPS) is 10.8. The van der Waals surface area contributed by atoms with Crippen LogP contribution < -0.4 is 10.6 Å². The molecule has 0 aliphatic rings. The Morgan fingerprint density at radius 1 is 1.29 bits per heavy atom. The molecule has 0 bridgehead atoms. The molecule has 21 heavy (non-hydrogen) atoms. The van der Waals surface area contributed by atoms with E-state index in [-0.39, 0.29) is 36.6 Å². The summed E-state index contributed by atoms with van der Waals surface area (Å²) < 4.78 is 14.2. The van der Waals surface area contributed by atoms with Crippen LogP contribution in [-0.4, -0.2) is 42.9 Å². The summed E-state index contributed by atoms with van der Waals surface area (Å²) >= 11 is 3.14. The third-order valence-electron chi connectivity index (χ3n) is 2.48. The van der Waals surface area contributed by atoms with Gasteiger partial charge in [-0.3, -0.25) is 14.5 Å². The van der Waals surface area contributed by atoms with Gasteiger partial charge in [-0.1, -0.05) is 15.9 Å². The number of carbonyl (C=O) groups excluding carboxylic acids is 2. The van der Waals surface area contributed by atoms with E-state index in [1.54, 1.807) is 18.0 Å². The van der Waals surface area contributed by atoms with E-state index >= 15 is 0 Å². The van der Waals surface area contributed by atoms with E-state index < -0.39 is 5.82 Å². The first-order valence-corrected chi connectivity index (χ1v) is 7.30. The van der Waals surface area contributed by atoms with Crippen molar-refractivity contribution in [2.24, 2.45) is 0 Å². The molecule has 116 valence electrons. The molecule has 0 atom stereocenters. The molecule has 7 heteroatoms. The van der Waals surface area contributed by atoms with Gasteiger partial charge < -0.3 is 10.6 Å². The van der Waals surface area contributed by atoms with Gasteiger partial charge in [0.15, 0.2) is 0 Å². The van der Waals surface area contributed by atoms with E-state index in [1.807, 2.05) is 13.8 Å². The number of amides is 2. The molecule has 0 aliphatic carbocycles. The Morgan fingerprint density at radius 3 is 2.48 bits per heavy atom. The zero-order valence-electron chi connectivity index (χ0n) is 12.2. The second-order valence-electron chi connectivity index (χ2n) is 5.07. The minimum atomic E-state index is -0.516. The summed E-state index contributed by atoms with van der Waals surface area (Å²) in [6, 6.07) is 4.44. The minimum Gasteiger partial charge on any atom is -0.353 e. The largest absolute Gasteiger partial charge is 0.353 e. The standard InChI is InChI=1S/C14H19BrFN3O2/c1-9(2)17-13(20)7-19(3)8-14(21)18-12-5-4-10(15)6-11(12)16/h4-6,9H,7-8H2,1-3H3,(H,17,20)(H,18,21). The number of hydrogen-bond acceptors (Lipinski definition) is 3. The average Bonchev–Trinajstić information content (AvgIpc) is 2.31. The Morgan fingerprint density at radius 2 is 1.90 bits per heavy atom. The molecule has 0 saturated heterocycles. The van der Waals surface area contributed by atoms with Gasteiger partial charge in [-0.05, 0) is 39.1 Å². The molecule has 0 spiro atoms. The van der Waals surface area contributed by atoms with Gasteiger partial charge in [-0.15, -0.1) is 0 Å². The zero-order chi connectivity index (χ0) is 16.0. The second-order valence-corrected chi connectivity index (χ2v) is 5.98. The molecule has 0 aromatic heterocycles. The van der Waals surface area contributed by atoms with E-state index in [9.17, 15) is 14.0 Å². The highest BCUT2D eigenvalue weighted by atomic mass is 79.9. The average molecular weight is 360 g/mol. The first-order chi connectivity index (χ1) is 9.77. The third-order valence-corrected chi connectivity index (χ3v) is 2.98. The number of rotatable bonds is 6. The lowest BCUT2D eigenvalue weighted by Crippen LogP contribution is -2.41. The van der Waals surface area contributed by atoms with Crippen molar-refractivity contribution in [1.82, 2.24) is 10.2 Å². The van der Waals surface area contributed by atoms with Crippen molar-refractivity contribution < 1.29 is 14.0 Å². The first-order valence-electron chi connectivity index (χ1n) is 6.50. The van der Waals surface area contributed by atoms with E-state index in [4.69, 9.17) is 0 Å². The van der Waals surface area contributed by atoms with Gasteiger partial charge >= 0.3 is 0 Å². The lowest BCUT2D eigenvalue weighted by Gasteiger charge is -2.17. The SMILES string of the molecule is CC(C)NC(=O)CN(C)CC(=O)Nc1ccc(Br)cc1F. The quantitative estimate of drug-likeness (QED) is 0.816. The summed E-state index contributed by atoms with van der Waals surface area (Å²) in [7, 11) is 1.65. The lowest BCUT2D eigenvalue weighted by molar-refractivity contribution is -0.123. The molecule has 1 rings (SSSR count). The minimum absolute atomic E-state index is 0.00101. The Labute approximate surface area is 132 Å². The summed E-state index contributed by atoms with van der Waals surface area (Å²) in [4.78, 5) is 24.9. The van der Waals surface area contributed by atoms with Crippen LogP contribution in [0.4, 0.5) is 10.1 Å². The van der Waals surface area contributed by atoms with Crippen LogP contribution in [0.5, 0.6) is 0 Å². The Kier molecular flexibility index (Phi) is 6.77. The van der Waals surface area contributed by atoms with Gasteiger partial charge in [0.25, 0.3) is 0 Å². The third kappa shape index (κ3) is 6.68. The fourth-order valence-electron chi connectivity index (χ4n) is 1.69. The highest BCUT2D eigenvalue weighted by Gasteiger charge is 2.13. The number of halogens is 2. The maximum atomic E-state index is 13.6. The molecular weight excluding hydrogens is 341 g/mol. The number of carbonyl (C=O) groups is 2. The van der Waals surface area contributed by atoms with Crippen LogP contribution in [0.3, 0.4) is 0 Å². The molecule has 0 unspecified atom stereocenters. The van der Waals surface area contributed by atoms with E-state index in [1.165, 1.54) is 12.1 Å². The molecule has 0 aliphatic heterocycles. The number of nitrogens with zero attached hydrogens (tertiary/aromatic N) is 1. The van der Waals surface area contributed by atoms with Crippen LogP contribution in [0.25, 0.3) is 0 Å². The second kappa shape index (κ2) is 8.09. The van der Waals surface area contributed by atoms with Crippen LogP contribution >= 0.6 is 15.9 Å². The molecule has 0 fully saturated rings. The lowest BCUT2D eigenvalue weighted by atomic mass is 10.3. The Hall–Kier alpha value is -1.47. The maximum Gasteiger partial charge on any atom is 0.238 e. The smallest absolute Gasteiger partial charge is 0.238 e. The van der Waals surface area contributed by atoms with Crippen molar-refractivity contribution in [3.05, 3.63) is 28.5 Å². The molecule has 0 saturated carbocycles. The summed E-state index contributed by atoms with van der Waals surface area (Å²) in [6.45, 7) is 3.83. The molecule has 0 radical (unpaired) electrons. The van der Waals surface area contributed by atoms with Crippen molar-refractivity contribution in [2.75, 3.05) is 25.5 Å². The van der Waals surface area contributed by atoms with Crippen LogP contribution in [-0.2, 0) is 9.59 Å². The van der Waals surface area contributed by atoms with Crippen LogP contribution in [0.2, 0.25) is 0 Å². The summed E-state index contributed by atoms with van der Waals surface area (Å²) in [5, 5.41) is 5.21. The van der Waals surface area contributed by atoms with Gasteiger partial charge in [0.1, 0.15) is 5.82 Å². The topological polar surface area (TPSA) is 61.4 Å². The van der Waals surface area contributed by atoms with Crippen LogP contribution in [0.1, 0.15) is 13.8 Å². The number of anilines is 1. The molecule has 2 amide bonds. The number of hydrogen-bond donors (Lipinski definition) is 2. The van der Waals surface area contributed by atoms with E-state index in [2.05, 4.69) is 26.6 Å². The van der Waals surface area contributed by atoms with Crippen molar-refractivity contribution in [3.8, 4) is 0 Å². The van der Waals surface area contributed by atoms with Gasteiger partial charge in [-0.25, -0.2) is 4.39 Å². The fraction of sp³-hybridized carbons (Fsp3) is 0.429. The molecule has 5 nitrogen and oxygen atoms in total. The summed E-state index contributed by atoms with van der Waals surface area (Å²) in [5.41, 5.74) is 0.114. The molecule has 1 aromatic carbocycles. The van der Waals surface area contributed by atoms with Crippen LogP contribution in [0.15, 0.2) is 22.7 Å². The summed E-state index contributed by atoms with van der Waals surface area (Å²) in [5.74, 6) is -1.05. The van der Waals surface area contributed by atoms with Crippen molar-refractivity contribution in [2.45, 2.75) is 19.9 Å². The van der Waals surface area contributed by atoms with Gasteiger partial charge in [0.05, 0.1) is 18.8 Å². The molecular formula is C14H19BrFN3O2. The predicted octanol–water partition coefficient (Wildman–Crippen LogP) is 1.98. The fourth-order valence-corrected chi connectivity index (χ4v) is 2.03. The zero-order valence-corrected chi connectivity index (χ0v) is 13.8. The Balaban J connectivity index is 2.47. The number of benzene rings is 1. The van der Waals surface area contributed by atoms with Gasteiger partial charge in [0, 0.05) is 10.5 Å². The molecule has 0 heterocycles. The molecule has 1 aromatic rings. The van der Waals surface area contributed by atoms with Gasteiger partial charge in [-0.2, -0.15) is 0 Å².